The minimum absolute atomic E-state index is 0.0571. The van der Waals surface area contributed by atoms with E-state index >= 15 is 0 Å². The number of halogens is 3. The zero-order valence-electron chi connectivity index (χ0n) is 12.7. The van der Waals surface area contributed by atoms with Crippen molar-refractivity contribution in [2.24, 2.45) is 0 Å². The molecule has 24 heavy (non-hydrogen) atoms. The lowest BCUT2D eigenvalue weighted by atomic mass is 9.81. The summed E-state index contributed by atoms with van der Waals surface area (Å²) in [6.07, 6.45) is 2.62. The topological polar surface area (TPSA) is 47.0 Å². The number of Topliss-reactive ketones (excluding diaryl/α,β-unsaturated/α-hetero) is 2. The summed E-state index contributed by atoms with van der Waals surface area (Å²) in [6.45, 7) is 0. The molecule has 0 saturated heterocycles. The Morgan fingerprint density at radius 2 is 2.08 bits per heavy atom. The number of carbonyl (C=O) groups is 2. The van der Waals surface area contributed by atoms with Gasteiger partial charge in [0.2, 0.25) is 0 Å². The monoisotopic (exact) mass is 349 g/mol. The highest BCUT2D eigenvalue weighted by molar-refractivity contribution is 6.31. The van der Waals surface area contributed by atoms with Crippen molar-refractivity contribution in [2.45, 2.75) is 31.6 Å². The van der Waals surface area contributed by atoms with Crippen LogP contribution < -0.4 is 0 Å². The number of nitrogens with zero attached hydrogens (tertiary/aromatic N) is 1. The molecule has 1 aromatic carbocycles. The van der Waals surface area contributed by atoms with Gasteiger partial charge in [-0.05, 0) is 36.1 Å². The highest BCUT2D eigenvalue weighted by atomic mass is 35.5. The molecule has 1 heterocycles. The van der Waals surface area contributed by atoms with Crippen molar-refractivity contribution in [3.05, 3.63) is 63.9 Å². The van der Waals surface area contributed by atoms with Gasteiger partial charge in [-0.2, -0.15) is 0 Å². The Morgan fingerprint density at radius 1 is 1.29 bits per heavy atom. The molecule has 6 heteroatoms. The summed E-state index contributed by atoms with van der Waals surface area (Å²) in [7, 11) is 0. The van der Waals surface area contributed by atoms with Crippen LogP contribution in [0.25, 0.3) is 0 Å². The number of benzene rings is 1. The fourth-order valence-electron chi connectivity index (χ4n) is 3.01. The Balaban J connectivity index is 1.76. The van der Waals surface area contributed by atoms with Gasteiger partial charge in [-0.25, -0.2) is 8.78 Å². The third-order valence-corrected chi connectivity index (χ3v) is 4.69. The first-order chi connectivity index (χ1) is 11.5. The molecule has 0 spiro atoms. The Bertz CT molecular complexity index is 823. The van der Waals surface area contributed by atoms with E-state index in [-0.39, 0.29) is 35.9 Å². The maximum absolute atomic E-state index is 13.5. The molecule has 3 nitrogen and oxygen atoms in total. The number of rotatable bonds is 4. The fourth-order valence-corrected chi connectivity index (χ4v) is 3.25. The van der Waals surface area contributed by atoms with Gasteiger partial charge in [0.25, 0.3) is 0 Å². The van der Waals surface area contributed by atoms with Gasteiger partial charge in [-0.15, -0.1) is 0 Å². The Morgan fingerprint density at radius 3 is 2.88 bits per heavy atom. The van der Waals surface area contributed by atoms with E-state index in [9.17, 15) is 18.4 Å². The SMILES string of the molecule is O=C1CCC(C(=O)CCc2ccc(F)c(F)c2Cl)c2cccnc21. The third-order valence-electron chi connectivity index (χ3n) is 4.28. The molecule has 0 bridgehead atoms. The predicted octanol–water partition coefficient (Wildman–Crippen LogP) is 4.28. The van der Waals surface area contributed by atoms with E-state index in [1.807, 2.05) is 0 Å². The summed E-state index contributed by atoms with van der Waals surface area (Å²) >= 11 is 5.79. The quantitative estimate of drug-likeness (QED) is 0.774. The minimum Gasteiger partial charge on any atom is -0.299 e. The highest BCUT2D eigenvalue weighted by Gasteiger charge is 2.30. The van der Waals surface area contributed by atoms with Crippen LogP contribution in [0.3, 0.4) is 0 Å². The molecule has 1 atom stereocenters. The van der Waals surface area contributed by atoms with Crippen molar-refractivity contribution in [2.75, 3.05) is 0 Å². The second kappa shape index (κ2) is 6.77. The molecule has 2 aromatic rings. The minimum atomic E-state index is -1.10. The van der Waals surface area contributed by atoms with Gasteiger partial charge in [0.05, 0.1) is 5.02 Å². The van der Waals surface area contributed by atoms with Gasteiger partial charge >= 0.3 is 0 Å². The number of ketones is 2. The molecule has 0 aliphatic heterocycles. The van der Waals surface area contributed by atoms with Gasteiger partial charge in [-0.3, -0.25) is 14.6 Å². The number of fused-ring (bicyclic) bond motifs is 1. The van der Waals surface area contributed by atoms with Crippen LogP contribution in [0.5, 0.6) is 0 Å². The number of hydrogen-bond donors (Lipinski definition) is 0. The van der Waals surface area contributed by atoms with Crippen LogP contribution in [0.15, 0.2) is 30.5 Å². The third kappa shape index (κ3) is 3.08. The maximum Gasteiger partial charge on any atom is 0.181 e. The van der Waals surface area contributed by atoms with Crippen molar-refractivity contribution in [1.82, 2.24) is 4.98 Å². The summed E-state index contributed by atoms with van der Waals surface area (Å²) in [5.74, 6) is -2.62. The summed E-state index contributed by atoms with van der Waals surface area (Å²) in [5, 5.41) is -0.288. The first-order valence-electron chi connectivity index (χ1n) is 7.62. The van der Waals surface area contributed by atoms with Gasteiger partial charge in [0.1, 0.15) is 11.5 Å². The average molecular weight is 350 g/mol. The summed E-state index contributed by atoms with van der Waals surface area (Å²) in [5.41, 5.74) is 1.39. The lowest BCUT2D eigenvalue weighted by Crippen LogP contribution is -2.23. The van der Waals surface area contributed by atoms with Crippen molar-refractivity contribution in [3.8, 4) is 0 Å². The molecule has 0 N–H and O–H groups in total. The van der Waals surface area contributed by atoms with Crippen molar-refractivity contribution >= 4 is 23.2 Å². The van der Waals surface area contributed by atoms with Crippen molar-refractivity contribution in [1.29, 1.82) is 0 Å². The summed E-state index contributed by atoms with van der Waals surface area (Å²) < 4.78 is 26.6. The molecule has 1 aliphatic rings. The zero-order chi connectivity index (χ0) is 17.3. The van der Waals surface area contributed by atoms with Gasteiger partial charge < -0.3 is 0 Å². The van der Waals surface area contributed by atoms with Crippen molar-refractivity contribution < 1.29 is 18.4 Å². The van der Waals surface area contributed by atoms with E-state index in [0.29, 0.717) is 23.2 Å². The normalized spacial score (nSPS) is 16.8. The smallest absolute Gasteiger partial charge is 0.181 e. The molecule has 0 amide bonds. The Hall–Kier alpha value is -2.14. The maximum atomic E-state index is 13.5. The fraction of sp³-hybridized carbons (Fsp3) is 0.278. The van der Waals surface area contributed by atoms with E-state index in [2.05, 4.69) is 4.98 Å². The van der Waals surface area contributed by atoms with Gasteiger partial charge in [0.15, 0.2) is 17.4 Å². The first-order valence-corrected chi connectivity index (χ1v) is 8.00. The highest BCUT2D eigenvalue weighted by Crippen LogP contribution is 2.32. The Kier molecular flexibility index (Phi) is 4.71. The van der Waals surface area contributed by atoms with Crippen molar-refractivity contribution in [3.63, 3.8) is 0 Å². The number of aromatic nitrogens is 1. The molecule has 0 radical (unpaired) electrons. The summed E-state index contributed by atoms with van der Waals surface area (Å²) in [6, 6.07) is 5.82. The van der Waals surface area contributed by atoms with Crippen LogP contribution in [0.1, 0.15) is 46.8 Å². The van der Waals surface area contributed by atoms with E-state index in [0.717, 1.165) is 6.07 Å². The molecule has 1 unspecified atom stereocenters. The van der Waals surface area contributed by atoms with Crippen LogP contribution >= 0.6 is 11.6 Å². The molecule has 1 aliphatic carbocycles. The number of pyridine rings is 1. The average Bonchev–Trinajstić information content (AvgIpc) is 2.59. The number of aryl methyl sites for hydroxylation is 1. The molecular weight excluding hydrogens is 336 g/mol. The van der Waals surface area contributed by atoms with E-state index in [1.165, 1.54) is 12.3 Å². The molecule has 124 valence electrons. The van der Waals surface area contributed by atoms with Gasteiger partial charge in [0, 0.05) is 25.0 Å². The lowest BCUT2D eigenvalue weighted by molar-refractivity contribution is -0.120. The number of carbonyl (C=O) groups excluding carboxylic acids is 2. The van der Waals surface area contributed by atoms with E-state index in [4.69, 9.17) is 11.6 Å². The Labute approximate surface area is 142 Å². The zero-order valence-corrected chi connectivity index (χ0v) is 13.4. The second-order valence-corrected chi connectivity index (χ2v) is 6.13. The van der Waals surface area contributed by atoms with Gasteiger partial charge in [-0.1, -0.05) is 23.7 Å². The number of hydrogen-bond acceptors (Lipinski definition) is 3. The summed E-state index contributed by atoms with van der Waals surface area (Å²) in [4.78, 5) is 28.5. The largest absolute Gasteiger partial charge is 0.299 e. The van der Waals surface area contributed by atoms with Crippen LogP contribution in [0.4, 0.5) is 8.78 Å². The molecule has 1 aromatic heterocycles. The first kappa shape index (κ1) is 16.7. The van der Waals surface area contributed by atoms with Crippen LogP contribution in [0.2, 0.25) is 5.02 Å². The van der Waals surface area contributed by atoms with E-state index < -0.39 is 17.6 Å². The second-order valence-electron chi connectivity index (χ2n) is 5.76. The van der Waals surface area contributed by atoms with Crippen LogP contribution in [0, 0.1) is 11.6 Å². The molecule has 0 fully saturated rings. The standard InChI is InChI=1S/C18H14ClF2NO2/c19-16-10(3-6-13(20)17(16)21)4-7-14(23)11-5-8-15(24)18-12(11)2-1-9-22-18/h1-3,6,9,11H,4-5,7-8H2. The van der Waals surface area contributed by atoms with Crippen LogP contribution in [-0.4, -0.2) is 16.6 Å². The predicted molar refractivity (Wildman–Crippen MR) is 85.2 cm³/mol. The van der Waals surface area contributed by atoms with Crippen LogP contribution in [-0.2, 0) is 11.2 Å². The lowest BCUT2D eigenvalue weighted by Gasteiger charge is -2.22. The molecule has 3 rings (SSSR count). The van der Waals surface area contributed by atoms with E-state index in [1.54, 1.807) is 12.1 Å². The molecular formula is C18H14ClF2NO2. The molecule has 0 saturated carbocycles.